The van der Waals surface area contributed by atoms with Gasteiger partial charge in [0.2, 0.25) is 5.91 Å². The van der Waals surface area contributed by atoms with Crippen LogP contribution in [0.25, 0.3) is 11.0 Å². The second kappa shape index (κ2) is 5.37. The molecule has 0 radical (unpaired) electrons. The molecule has 1 unspecified atom stereocenters. The molecule has 1 aliphatic rings. The Morgan fingerprint density at radius 2 is 2.05 bits per heavy atom. The first-order valence-corrected chi connectivity index (χ1v) is 7.11. The van der Waals surface area contributed by atoms with Gasteiger partial charge >= 0.3 is 5.69 Å². The van der Waals surface area contributed by atoms with Crippen LogP contribution >= 0.6 is 0 Å². The van der Waals surface area contributed by atoms with E-state index in [0.29, 0.717) is 19.7 Å². The van der Waals surface area contributed by atoms with E-state index in [1.165, 1.54) is 4.57 Å². The number of carbonyl (C=O) groups is 1. The average Bonchev–Trinajstić information content (AvgIpc) is 2.73. The fourth-order valence-electron chi connectivity index (χ4n) is 2.80. The molecule has 1 amide bonds. The van der Waals surface area contributed by atoms with E-state index in [0.717, 1.165) is 11.0 Å². The largest absolute Gasteiger partial charge is 0.375 e. The first kappa shape index (κ1) is 13.9. The number of benzene rings is 1. The van der Waals surface area contributed by atoms with Crippen LogP contribution in [0.1, 0.15) is 6.92 Å². The van der Waals surface area contributed by atoms with Crippen molar-refractivity contribution in [3.8, 4) is 0 Å². The fourth-order valence-corrected chi connectivity index (χ4v) is 2.80. The van der Waals surface area contributed by atoms with Crippen molar-refractivity contribution in [3.05, 3.63) is 34.7 Å². The molecule has 1 atom stereocenters. The maximum Gasteiger partial charge on any atom is 0.329 e. The van der Waals surface area contributed by atoms with Gasteiger partial charge in [0.05, 0.1) is 23.7 Å². The van der Waals surface area contributed by atoms with E-state index in [1.807, 2.05) is 31.2 Å². The number of fused-ring (bicyclic) bond motifs is 1. The number of imidazole rings is 1. The molecule has 1 fully saturated rings. The zero-order valence-corrected chi connectivity index (χ0v) is 12.3. The van der Waals surface area contributed by atoms with Crippen LogP contribution < -0.4 is 5.69 Å². The molecule has 0 spiro atoms. The van der Waals surface area contributed by atoms with Gasteiger partial charge in [-0.2, -0.15) is 0 Å². The van der Waals surface area contributed by atoms with Crippen molar-refractivity contribution in [1.82, 2.24) is 14.0 Å². The third-order valence-corrected chi connectivity index (χ3v) is 3.94. The highest BCUT2D eigenvalue weighted by atomic mass is 16.5. The molecule has 2 aromatic rings. The number of hydrogen-bond donors (Lipinski definition) is 0. The minimum absolute atomic E-state index is 0.0383. The van der Waals surface area contributed by atoms with Crippen LogP contribution in [0.3, 0.4) is 0 Å². The van der Waals surface area contributed by atoms with Gasteiger partial charge in [-0.3, -0.25) is 13.9 Å². The summed E-state index contributed by atoms with van der Waals surface area (Å²) < 4.78 is 8.55. The molecule has 2 heterocycles. The molecule has 6 heteroatoms. The molecular weight excluding hydrogens is 270 g/mol. The zero-order chi connectivity index (χ0) is 15.0. The molecule has 0 N–H and O–H groups in total. The Hall–Kier alpha value is -2.08. The van der Waals surface area contributed by atoms with Gasteiger partial charge in [0, 0.05) is 20.1 Å². The van der Waals surface area contributed by atoms with Crippen LogP contribution in [0.15, 0.2) is 29.1 Å². The van der Waals surface area contributed by atoms with Crippen LogP contribution in [0.2, 0.25) is 0 Å². The molecule has 21 heavy (non-hydrogen) atoms. The lowest BCUT2D eigenvalue weighted by molar-refractivity contribution is -0.138. The molecule has 3 rings (SSSR count). The second-order valence-corrected chi connectivity index (χ2v) is 5.44. The standard InChI is InChI=1S/C15H19N3O3/c1-11-9-17(7-8-21-11)14(19)10-18-13-6-4-3-5-12(13)16(2)15(18)20/h3-6,11H,7-10H2,1-2H3. The highest BCUT2D eigenvalue weighted by Crippen LogP contribution is 2.12. The Kier molecular flexibility index (Phi) is 3.55. The maximum atomic E-state index is 12.4. The summed E-state index contributed by atoms with van der Waals surface area (Å²) in [5, 5.41) is 0. The molecule has 1 aromatic heterocycles. The van der Waals surface area contributed by atoms with Gasteiger partial charge in [-0.05, 0) is 19.1 Å². The van der Waals surface area contributed by atoms with Crippen molar-refractivity contribution in [2.45, 2.75) is 19.6 Å². The summed E-state index contributed by atoms with van der Waals surface area (Å²) in [4.78, 5) is 26.5. The Balaban J connectivity index is 1.90. The topological polar surface area (TPSA) is 56.5 Å². The average molecular weight is 289 g/mol. The van der Waals surface area contributed by atoms with Crippen molar-refractivity contribution in [2.75, 3.05) is 19.7 Å². The van der Waals surface area contributed by atoms with Gasteiger partial charge in [0.1, 0.15) is 6.54 Å². The number of carbonyl (C=O) groups excluding carboxylic acids is 1. The van der Waals surface area contributed by atoms with Crippen LogP contribution in [-0.2, 0) is 23.1 Å². The number of hydrogen-bond acceptors (Lipinski definition) is 3. The van der Waals surface area contributed by atoms with E-state index in [4.69, 9.17) is 4.74 Å². The smallest absolute Gasteiger partial charge is 0.329 e. The monoisotopic (exact) mass is 289 g/mol. The Morgan fingerprint density at radius 3 is 2.76 bits per heavy atom. The maximum absolute atomic E-state index is 12.4. The van der Waals surface area contributed by atoms with Gasteiger partial charge in [-0.1, -0.05) is 12.1 Å². The SMILES string of the molecule is CC1CN(C(=O)Cn2c(=O)n(C)c3ccccc32)CCO1. The summed E-state index contributed by atoms with van der Waals surface area (Å²) in [5.41, 5.74) is 1.47. The molecule has 112 valence electrons. The first-order chi connectivity index (χ1) is 10.1. The van der Waals surface area contributed by atoms with Crippen molar-refractivity contribution in [1.29, 1.82) is 0 Å². The van der Waals surface area contributed by atoms with Crippen LogP contribution in [0, 0.1) is 0 Å². The summed E-state index contributed by atoms with van der Waals surface area (Å²) in [7, 11) is 1.72. The number of nitrogens with zero attached hydrogens (tertiary/aromatic N) is 3. The second-order valence-electron chi connectivity index (χ2n) is 5.44. The predicted molar refractivity (Wildman–Crippen MR) is 79.2 cm³/mol. The lowest BCUT2D eigenvalue weighted by Crippen LogP contribution is -2.46. The number of aromatic nitrogens is 2. The van der Waals surface area contributed by atoms with Gasteiger partial charge in [0.25, 0.3) is 0 Å². The third-order valence-electron chi connectivity index (χ3n) is 3.94. The molecule has 1 saturated heterocycles. The van der Waals surface area contributed by atoms with E-state index in [2.05, 4.69) is 0 Å². The predicted octanol–water partition coefficient (Wildman–Crippen LogP) is 0.587. The lowest BCUT2D eigenvalue weighted by Gasteiger charge is -2.31. The highest BCUT2D eigenvalue weighted by molar-refractivity contribution is 5.81. The van der Waals surface area contributed by atoms with Crippen LogP contribution in [0.4, 0.5) is 0 Å². The number of amides is 1. The van der Waals surface area contributed by atoms with Gasteiger partial charge in [-0.15, -0.1) is 0 Å². The van der Waals surface area contributed by atoms with Crippen LogP contribution in [-0.4, -0.2) is 45.7 Å². The molecule has 6 nitrogen and oxygen atoms in total. The quantitative estimate of drug-likeness (QED) is 0.813. The number of aryl methyl sites for hydroxylation is 1. The summed E-state index contributed by atoms with van der Waals surface area (Å²) in [5.74, 6) is -0.0383. The molecular formula is C15H19N3O3. The third kappa shape index (κ3) is 2.47. The van der Waals surface area contributed by atoms with E-state index < -0.39 is 0 Å². The summed E-state index contributed by atoms with van der Waals surface area (Å²) in [6.45, 7) is 3.74. The number of morpholine rings is 1. The number of rotatable bonds is 2. The molecule has 0 aliphatic carbocycles. The molecule has 0 saturated carbocycles. The summed E-state index contributed by atoms with van der Waals surface area (Å²) in [6.07, 6.45) is 0.0481. The van der Waals surface area contributed by atoms with E-state index in [-0.39, 0.29) is 24.2 Å². The Labute approximate surface area is 122 Å². The van der Waals surface area contributed by atoms with Crippen molar-refractivity contribution in [2.24, 2.45) is 7.05 Å². The normalized spacial score (nSPS) is 19.1. The fraction of sp³-hybridized carbons (Fsp3) is 0.467. The van der Waals surface area contributed by atoms with Gasteiger partial charge in [0.15, 0.2) is 0 Å². The summed E-state index contributed by atoms with van der Waals surface area (Å²) >= 11 is 0. The van der Waals surface area contributed by atoms with Crippen molar-refractivity contribution < 1.29 is 9.53 Å². The summed E-state index contributed by atoms with van der Waals surface area (Å²) in [6, 6.07) is 7.51. The van der Waals surface area contributed by atoms with Gasteiger partial charge < -0.3 is 9.64 Å². The minimum Gasteiger partial charge on any atom is -0.375 e. The van der Waals surface area contributed by atoms with E-state index in [1.54, 1.807) is 16.5 Å². The Morgan fingerprint density at radius 1 is 1.33 bits per heavy atom. The molecule has 0 bridgehead atoms. The molecule has 1 aliphatic heterocycles. The number of para-hydroxylation sites is 2. The van der Waals surface area contributed by atoms with Gasteiger partial charge in [-0.25, -0.2) is 4.79 Å². The minimum atomic E-state index is -0.161. The van der Waals surface area contributed by atoms with E-state index >= 15 is 0 Å². The highest BCUT2D eigenvalue weighted by Gasteiger charge is 2.23. The van der Waals surface area contributed by atoms with Crippen LogP contribution in [0.5, 0.6) is 0 Å². The van der Waals surface area contributed by atoms with Crippen molar-refractivity contribution in [3.63, 3.8) is 0 Å². The number of ether oxygens (including phenoxy) is 1. The van der Waals surface area contributed by atoms with Crippen molar-refractivity contribution >= 4 is 16.9 Å². The first-order valence-electron chi connectivity index (χ1n) is 7.11. The lowest BCUT2D eigenvalue weighted by atomic mass is 10.3. The zero-order valence-electron chi connectivity index (χ0n) is 12.3. The Bertz CT molecular complexity index is 731. The van der Waals surface area contributed by atoms with E-state index in [9.17, 15) is 9.59 Å². The molecule has 1 aromatic carbocycles.